The van der Waals surface area contributed by atoms with Crippen LogP contribution in [0.25, 0.3) is 0 Å². The minimum atomic E-state index is 0.585. The molecule has 0 aliphatic carbocycles. The van der Waals surface area contributed by atoms with Gasteiger partial charge >= 0.3 is 0 Å². The lowest BCUT2D eigenvalue weighted by atomic mass is 9.88. The molecule has 1 aromatic rings. The predicted molar refractivity (Wildman–Crippen MR) is 90.6 cm³/mol. The Hall–Kier alpha value is -1.18. The van der Waals surface area contributed by atoms with Crippen LogP contribution in [0.5, 0.6) is 11.5 Å². The molecule has 1 rings (SSSR count). The lowest BCUT2D eigenvalue weighted by Gasteiger charge is -2.21. The fraction of sp³-hybridized carbons (Fsp3) is 0.684. The number of methoxy groups -OCH3 is 2. The van der Waals surface area contributed by atoms with E-state index >= 15 is 0 Å². The van der Waals surface area contributed by atoms with Crippen molar-refractivity contribution in [3.05, 3.63) is 23.8 Å². The van der Waals surface area contributed by atoms with E-state index < -0.39 is 0 Å². The Morgan fingerprint density at radius 2 is 1.62 bits per heavy atom. The van der Waals surface area contributed by atoms with Crippen molar-refractivity contribution < 1.29 is 9.47 Å². The van der Waals surface area contributed by atoms with Gasteiger partial charge in [-0.3, -0.25) is 0 Å². The minimum Gasteiger partial charge on any atom is -0.493 e. The summed E-state index contributed by atoms with van der Waals surface area (Å²) in [6, 6.07) is 6.26. The predicted octanol–water partition coefficient (Wildman–Crippen LogP) is 5.95. The average molecular weight is 292 g/mol. The maximum atomic E-state index is 5.61. The summed E-state index contributed by atoms with van der Waals surface area (Å²) in [7, 11) is 3.45. The van der Waals surface area contributed by atoms with E-state index in [9.17, 15) is 0 Å². The summed E-state index contributed by atoms with van der Waals surface area (Å²) in [6.45, 7) is 4.53. The molecule has 0 aliphatic heterocycles. The molecule has 0 aliphatic rings. The monoisotopic (exact) mass is 292 g/mol. The average Bonchev–Trinajstić information content (AvgIpc) is 2.52. The molecule has 21 heavy (non-hydrogen) atoms. The molecule has 1 atom stereocenters. The van der Waals surface area contributed by atoms with Crippen LogP contribution in [-0.2, 0) is 0 Å². The molecule has 0 radical (unpaired) electrons. The van der Waals surface area contributed by atoms with Gasteiger partial charge in [-0.25, -0.2) is 0 Å². The Morgan fingerprint density at radius 1 is 0.857 bits per heavy atom. The third-order valence-electron chi connectivity index (χ3n) is 4.17. The summed E-state index contributed by atoms with van der Waals surface area (Å²) in [6.07, 6.45) is 10.4. The van der Waals surface area contributed by atoms with E-state index in [4.69, 9.17) is 9.47 Å². The summed E-state index contributed by atoms with van der Waals surface area (Å²) in [4.78, 5) is 0. The van der Waals surface area contributed by atoms with Gasteiger partial charge in [-0.1, -0.05) is 64.5 Å². The second-order valence-electron chi connectivity index (χ2n) is 5.77. The summed E-state index contributed by atoms with van der Waals surface area (Å²) in [5.41, 5.74) is 1.31. The van der Waals surface area contributed by atoms with Crippen LogP contribution in [0.15, 0.2) is 18.2 Å². The van der Waals surface area contributed by atoms with Gasteiger partial charge in [0.1, 0.15) is 0 Å². The zero-order chi connectivity index (χ0) is 15.5. The van der Waals surface area contributed by atoms with Gasteiger partial charge in [0.25, 0.3) is 0 Å². The van der Waals surface area contributed by atoms with E-state index in [0.29, 0.717) is 5.92 Å². The number of ether oxygens (including phenoxy) is 2. The van der Waals surface area contributed by atoms with Gasteiger partial charge in [0, 0.05) is 5.56 Å². The van der Waals surface area contributed by atoms with Crippen molar-refractivity contribution in [2.45, 2.75) is 71.1 Å². The van der Waals surface area contributed by atoms with Crippen molar-refractivity contribution in [1.29, 1.82) is 0 Å². The van der Waals surface area contributed by atoms with E-state index in [2.05, 4.69) is 26.0 Å². The molecule has 0 saturated carbocycles. The molecule has 2 heteroatoms. The van der Waals surface area contributed by atoms with Crippen molar-refractivity contribution in [1.82, 2.24) is 0 Å². The minimum absolute atomic E-state index is 0.585. The molecule has 0 aromatic heterocycles. The molecule has 0 saturated heterocycles. The van der Waals surface area contributed by atoms with Gasteiger partial charge < -0.3 is 9.47 Å². The second kappa shape index (κ2) is 10.5. The van der Waals surface area contributed by atoms with Crippen LogP contribution >= 0.6 is 0 Å². The van der Waals surface area contributed by atoms with Crippen LogP contribution in [0, 0.1) is 0 Å². The highest BCUT2D eigenvalue weighted by molar-refractivity contribution is 5.48. The van der Waals surface area contributed by atoms with Gasteiger partial charge in [-0.15, -0.1) is 0 Å². The van der Waals surface area contributed by atoms with Crippen molar-refractivity contribution >= 4 is 0 Å². The number of benzene rings is 1. The highest BCUT2D eigenvalue weighted by Crippen LogP contribution is 2.39. The smallest absolute Gasteiger partial charge is 0.164 e. The molecule has 0 bridgehead atoms. The lowest BCUT2D eigenvalue weighted by molar-refractivity contribution is 0.347. The van der Waals surface area contributed by atoms with Crippen molar-refractivity contribution in [3.63, 3.8) is 0 Å². The maximum absolute atomic E-state index is 5.61. The highest BCUT2D eigenvalue weighted by atomic mass is 16.5. The van der Waals surface area contributed by atoms with Gasteiger partial charge in [-0.2, -0.15) is 0 Å². The van der Waals surface area contributed by atoms with Crippen molar-refractivity contribution in [3.8, 4) is 11.5 Å². The number of unbranched alkanes of at least 4 members (excludes halogenated alkanes) is 4. The normalized spacial score (nSPS) is 12.2. The molecule has 120 valence electrons. The standard InChI is InChI=1S/C19H32O2/c1-5-7-8-9-10-13-16(12-6-2)17-14-11-15-18(20-3)19(17)21-4/h11,14-16H,5-10,12-13H2,1-4H3/t16-/m0/s1. The zero-order valence-corrected chi connectivity index (χ0v) is 14.3. The third kappa shape index (κ3) is 5.61. The van der Waals surface area contributed by atoms with Crippen LogP contribution in [-0.4, -0.2) is 14.2 Å². The molecule has 0 heterocycles. The van der Waals surface area contributed by atoms with E-state index in [1.165, 1.54) is 56.9 Å². The highest BCUT2D eigenvalue weighted by Gasteiger charge is 2.18. The first-order valence-corrected chi connectivity index (χ1v) is 8.49. The SMILES string of the molecule is CCCCCCC[C@H](CCC)c1cccc(OC)c1OC. The Balaban J connectivity index is 2.75. The van der Waals surface area contributed by atoms with Crippen LogP contribution < -0.4 is 9.47 Å². The van der Waals surface area contributed by atoms with Crippen LogP contribution in [0.2, 0.25) is 0 Å². The first-order valence-electron chi connectivity index (χ1n) is 8.49. The molecule has 0 amide bonds. The fourth-order valence-corrected chi connectivity index (χ4v) is 3.03. The first-order chi connectivity index (χ1) is 10.3. The first kappa shape index (κ1) is 17.9. The zero-order valence-electron chi connectivity index (χ0n) is 14.3. The maximum Gasteiger partial charge on any atom is 0.164 e. The van der Waals surface area contributed by atoms with E-state index in [-0.39, 0.29) is 0 Å². The number of hydrogen-bond donors (Lipinski definition) is 0. The largest absolute Gasteiger partial charge is 0.493 e. The second-order valence-corrected chi connectivity index (χ2v) is 5.77. The Bertz CT molecular complexity index is 387. The van der Waals surface area contributed by atoms with E-state index in [1.807, 2.05) is 6.07 Å². The van der Waals surface area contributed by atoms with Crippen molar-refractivity contribution in [2.24, 2.45) is 0 Å². The van der Waals surface area contributed by atoms with Gasteiger partial charge in [0.2, 0.25) is 0 Å². The molecular formula is C19H32O2. The summed E-state index contributed by atoms with van der Waals surface area (Å²) < 4.78 is 11.1. The Labute approximate surface area is 130 Å². The Morgan fingerprint density at radius 3 is 2.24 bits per heavy atom. The van der Waals surface area contributed by atoms with E-state index in [1.54, 1.807) is 14.2 Å². The fourth-order valence-electron chi connectivity index (χ4n) is 3.03. The summed E-state index contributed by atoms with van der Waals surface area (Å²) >= 11 is 0. The van der Waals surface area contributed by atoms with Crippen LogP contribution in [0.4, 0.5) is 0 Å². The van der Waals surface area contributed by atoms with Gasteiger partial charge in [0.15, 0.2) is 11.5 Å². The number of rotatable bonds is 11. The molecule has 0 fully saturated rings. The summed E-state index contributed by atoms with van der Waals surface area (Å²) in [5.74, 6) is 2.36. The van der Waals surface area contributed by atoms with Crippen molar-refractivity contribution in [2.75, 3.05) is 14.2 Å². The number of para-hydroxylation sites is 1. The number of hydrogen-bond acceptors (Lipinski definition) is 2. The van der Waals surface area contributed by atoms with Gasteiger partial charge in [-0.05, 0) is 24.8 Å². The Kier molecular flexibility index (Phi) is 8.96. The molecule has 2 nitrogen and oxygen atoms in total. The molecule has 0 N–H and O–H groups in total. The topological polar surface area (TPSA) is 18.5 Å². The molecule has 0 spiro atoms. The third-order valence-corrected chi connectivity index (χ3v) is 4.17. The summed E-state index contributed by atoms with van der Waals surface area (Å²) in [5, 5.41) is 0. The molecule has 0 unspecified atom stereocenters. The van der Waals surface area contributed by atoms with Crippen LogP contribution in [0.3, 0.4) is 0 Å². The molecule has 1 aromatic carbocycles. The van der Waals surface area contributed by atoms with Gasteiger partial charge in [0.05, 0.1) is 14.2 Å². The quantitative estimate of drug-likeness (QED) is 0.469. The lowest BCUT2D eigenvalue weighted by Crippen LogP contribution is -2.03. The van der Waals surface area contributed by atoms with E-state index in [0.717, 1.165) is 11.5 Å². The molecular weight excluding hydrogens is 260 g/mol. The van der Waals surface area contributed by atoms with Crippen LogP contribution in [0.1, 0.15) is 76.7 Å².